The number of benzene rings is 1. The standard InChI is InChI=1S/C19H30N4O/c1-4-20-19(21-11-9-15(2)3)22-13-18(24)23-12-10-16-7-5-6-8-17(16)14-23/h5-8,15H,4,9-14H2,1-3H3,(H2,20,21,22). The summed E-state index contributed by atoms with van der Waals surface area (Å²) in [7, 11) is 0. The largest absolute Gasteiger partial charge is 0.357 e. The fourth-order valence-corrected chi connectivity index (χ4v) is 2.78. The summed E-state index contributed by atoms with van der Waals surface area (Å²) in [5, 5.41) is 6.49. The highest BCUT2D eigenvalue weighted by Gasteiger charge is 2.19. The molecule has 2 N–H and O–H groups in total. The molecule has 0 unspecified atom stereocenters. The lowest BCUT2D eigenvalue weighted by Crippen LogP contribution is -2.41. The van der Waals surface area contributed by atoms with Gasteiger partial charge >= 0.3 is 0 Å². The van der Waals surface area contributed by atoms with Crippen molar-refractivity contribution in [3.8, 4) is 0 Å². The van der Waals surface area contributed by atoms with Crippen molar-refractivity contribution in [2.45, 2.75) is 40.2 Å². The molecule has 1 aliphatic heterocycles. The van der Waals surface area contributed by atoms with Crippen LogP contribution in [-0.2, 0) is 17.8 Å². The number of nitrogens with zero attached hydrogens (tertiary/aromatic N) is 2. The van der Waals surface area contributed by atoms with Gasteiger partial charge in [-0.2, -0.15) is 0 Å². The second-order valence-corrected chi connectivity index (χ2v) is 6.64. The van der Waals surface area contributed by atoms with Gasteiger partial charge in [0.1, 0.15) is 6.54 Å². The summed E-state index contributed by atoms with van der Waals surface area (Å²) >= 11 is 0. The summed E-state index contributed by atoms with van der Waals surface area (Å²) in [6, 6.07) is 8.35. The van der Waals surface area contributed by atoms with Gasteiger partial charge in [0.15, 0.2) is 5.96 Å². The molecule has 5 heteroatoms. The van der Waals surface area contributed by atoms with E-state index in [1.807, 2.05) is 17.9 Å². The second-order valence-electron chi connectivity index (χ2n) is 6.64. The number of amides is 1. The molecule has 1 heterocycles. The molecule has 0 spiro atoms. The Labute approximate surface area is 145 Å². The quantitative estimate of drug-likeness (QED) is 0.621. The van der Waals surface area contributed by atoms with E-state index in [0.29, 0.717) is 12.5 Å². The van der Waals surface area contributed by atoms with Gasteiger partial charge in [0, 0.05) is 26.2 Å². The molecule has 0 radical (unpaired) electrons. The third kappa shape index (κ3) is 5.55. The number of aliphatic imine (C=N–C) groups is 1. The van der Waals surface area contributed by atoms with E-state index in [2.05, 4.69) is 47.7 Å². The van der Waals surface area contributed by atoms with E-state index in [9.17, 15) is 4.79 Å². The van der Waals surface area contributed by atoms with Crippen molar-refractivity contribution in [1.29, 1.82) is 0 Å². The number of fused-ring (bicyclic) bond motifs is 1. The average molecular weight is 330 g/mol. The minimum atomic E-state index is 0.0885. The van der Waals surface area contributed by atoms with Gasteiger partial charge < -0.3 is 15.5 Å². The van der Waals surface area contributed by atoms with Gasteiger partial charge in [-0.05, 0) is 36.8 Å². The molecule has 0 aliphatic carbocycles. The van der Waals surface area contributed by atoms with Crippen LogP contribution >= 0.6 is 0 Å². The summed E-state index contributed by atoms with van der Waals surface area (Å²) in [6.45, 7) is 9.76. The van der Waals surface area contributed by atoms with Crippen LogP contribution in [0.25, 0.3) is 0 Å². The Morgan fingerprint density at radius 2 is 2.00 bits per heavy atom. The Morgan fingerprint density at radius 1 is 1.25 bits per heavy atom. The number of carbonyl (C=O) groups excluding carboxylic acids is 1. The monoisotopic (exact) mass is 330 g/mol. The number of carbonyl (C=O) groups is 1. The lowest BCUT2D eigenvalue weighted by molar-refractivity contribution is -0.130. The number of nitrogens with one attached hydrogen (secondary N) is 2. The molecule has 1 aromatic carbocycles. The zero-order valence-electron chi connectivity index (χ0n) is 15.1. The molecule has 132 valence electrons. The second kappa shape index (κ2) is 9.30. The van der Waals surface area contributed by atoms with Crippen LogP contribution in [0.4, 0.5) is 0 Å². The molecule has 0 saturated heterocycles. The SMILES string of the molecule is CCNC(=NCC(=O)N1CCc2ccccc2C1)NCCC(C)C. The molecular weight excluding hydrogens is 300 g/mol. The van der Waals surface area contributed by atoms with Crippen molar-refractivity contribution in [2.75, 3.05) is 26.2 Å². The van der Waals surface area contributed by atoms with Crippen molar-refractivity contribution < 1.29 is 4.79 Å². The minimum absolute atomic E-state index is 0.0885. The van der Waals surface area contributed by atoms with E-state index in [1.165, 1.54) is 11.1 Å². The van der Waals surface area contributed by atoms with Crippen LogP contribution in [0.1, 0.15) is 38.3 Å². The van der Waals surface area contributed by atoms with Gasteiger partial charge in [-0.1, -0.05) is 38.1 Å². The predicted molar refractivity (Wildman–Crippen MR) is 99.0 cm³/mol. The highest BCUT2D eigenvalue weighted by molar-refractivity contribution is 5.85. The lowest BCUT2D eigenvalue weighted by atomic mass is 10.00. The van der Waals surface area contributed by atoms with Gasteiger partial charge in [0.2, 0.25) is 5.91 Å². The van der Waals surface area contributed by atoms with Gasteiger partial charge in [-0.15, -0.1) is 0 Å². The minimum Gasteiger partial charge on any atom is -0.357 e. The summed E-state index contributed by atoms with van der Waals surface area (Å²) in [5.74, 6) is 1.46. The molecule has 0 fully saturated rings. The highest BCUT2D eigenvalue weighted by Crippen LogP contribution is 2.18. The third-order valence-electron chi connectivity index (χ3n) is 4.21. The molecule has 1 aliphatic rings. The summed E-state index contributed by atoms with van der Waals surface area (Å²) < 4.78 is 0. The maximum Gasteiger partial charge on any atom is 0.244 e. The van der Waals surface area contributed by atoms with Crippen LogP contribution in [0.3, 0.4) is 0 Å². The van der Waals surface area contributed by atoms with Crippen molar-refractivity contribution >= 4 is 11.9 Å². The average Bonchev–Trinajstić information content (AvgIpc) is 2.58. The Bertz CT molecular complexity index is 568. The molecule has 0 atom stereocenters. The van der Waals surface area contributed by atoms with Crippen LogP contribution in [0.5, 0.6) is 0 Å². The van der Waals surface area contributed by atoms with E-state index in [4.69, 9.17) is 0 Å². The van der Waals surface area contributed by atoms with E-state index in [1.54, 1.807) is 0 Å². The van der Waals surface area contributed by atoms with E-state index in [0.717, 1.165) is 38.4 Å². The number of rotatable bonds is 6. The molecule has 0 aromatic heterocycles. The Hall–Kier alpha value is -2.04. The van der Waals surface area contributed by atoms with Crippen LogP contribution < -0.4 is 10.6 Å². The molecule has 0 saturated carbocycles. The first kappa shape index (κ1) is 18.3. The van der Waals surface area contributed by atoms with Gasteiger partial charge in [0.25, 0.3) is 0 Å². The normalized spacial score (nSPS) is 14.5. The van der Waals surface area contributed by atoms with Crippen LogP contribution in [-0.4, -0.2) is 42.9 Å². The van der Waals surface area contributed by atoms with E-state index < -0.39 is 0 Å². The van der Waals surface area contributed by atoms with Crippen LogP contribution in [0, 0.1) is 5.92 Å². The zero-order chi connectivity index (χ0) is 17.4. The Balaban J connectivity index is 1.87. The Kier molecular flexibility index (Phi) is 7.09. The summed E-state index contributed by atoms with van der Waals surface area (Å²) in [5.41, 5.74) is 2.61. The van der Waals surface area contributed by atoms with Crippen molar-refractivity contribution in [3.63, 3.8) is 0 Å². The first-order valence-corrected chi connectivity index (χ1v) is 8.97. The summed E-state index contributed by atoms with van der Waals surface area (Å²) in [4.78, 5) is 18.8. The maximum absolute atomic E-state index is 12.5. The Morgan fingerprint density at radius 3 is 2.71 bits per heavy atom. The fraction of sp³-hybridized carbons (Fsp3) is 0.579. The fourth-order valence-electron chi connectivity index (χ4n) is 2.78. The van der Waals surface area contributed by atoms with Gasteiger partial charge in [-0.3, -0.25) is 4.79 Å². The van der Waals surface area contributed by atoms with Crippen LogP contribution in [0.15, 0.2) is 29.3 Å². The van der Waals surface area contributed by atoms with E-state index in [-0.39, 0.29) is 12.5 Å². The molecule has 24 heavy (non-hydrogen) atoms. The zero-order valence-corrected chi connectivity index (χ0v) is 15.1. The number of guanidine groups is 1. The predicted octanol–water partition coefficient (Wildman–Crippen LogP) is 2.17. The first-order valence-electron chi connectivity index (χ1n) is 8.97. The third-order valence-corrected chi connectivity index (χ3v) is 4.21. The van der Waals surface area contributed by atoms with E-state index >= 15 is 0 Å². The number of hydrogen-bond donors (Lipinski definition) is 2. The topological polar surface area (TPSA) is 56.7 Å². The van der Waals surface area contributed by atoms with Crippen LogP contribution in [0.2, 0.25) is 0 Å². The number of hydrogen-bond acceptors (Lipinski definition) is 2. The molecule has 2 rings (SSSR count). The van der Waals surface area contributed by atoms with Gasteiger partial charge in [-0.25, -0.2) is 4.99 Å². The summed E-state index contributed by atoms with van der Waals surface area (Å²) in [6.07, 6.45) is 2.01. The molecule has 5 nitrogen and oxygen atoms in total. The molecule has 0 bridgehead atoms. The van der Waals surface area contributed by atoms with Crippen molar-refractivity contribution in [2.24, 2.45) is 10.9 Å². The van der Waals surface area contributed by atoms with Crippen molar-refractivity contribution in [1.82, 2.24) is 15.5 Å². The molecule has 1 aromatic rings. The highest BCUT2D eigenvalue weighted by atomic mass is 16.2. The smallest absolute Gasteiger partial charge is 0.244 e. The lowest BCUT2D eigenvalue weighted by Gasteiger charge is -2.28. The first-order chi connectivity index (χ1) is 11.6. The molecular formula is C19H30N4O. The molecule has 1 amide bonds. The van der Waals surface area contributed by atoms with Crippen molar-refractivity contribution in [3.05, 3.63) is 35.4 Å². The maximum atomic E-state index is 12.5. The van der Waals surface area contributed by atoms with Gasteiger partial charge in [0.05, 0.1) is 0 Å².